The van der Waals surface area contributed by atoms with Crippen LogP contribution in [0, 0.1) is 0 Å². The highest BCUT2D eigenvalue weighted by molar-refractivity contribution is 8.00. The van der Waals surface area contributed by atoms with Gasteiger partial charge in [-0.15, -0.1) is 0 Å². The molecule has 2 saturated heterocycles. The van der Waals surface area contributed by atoms with Crippen LogP contribution < -0.4 is 5.32 Å². The van der Waals surface area contributed by atoms with E-state index in [1.165, 1.54) is 0 Å². The molecule has 2 fully saturated rings. The van der Waals surface area contributed by atoms with Crippen molar-refractivity contribution >= 4 is 27.7 Å². The van der Waals surface area contributed by atoms with Crippen molar-refractivity contribution in [2.45, 2.75) is 49.3 Å². The fourth-order valence-corrected chi connectivity index (χ4v) is 6.51. The molecule has 1 N–H and O–H groups in total. The van der Waals surface area contributed by atoms with Gasteiger partial charge in [0.2, 0.25) is 10.0 Å². The molecule has 156 valence electrons. The maximum absolute atomic E-state index is 12.9. The number of hydrogen-bond donors (Lipinski definition) is 1. The third-order valence-corrected chi connectivity index (χ3v) is 8.67. The van der Waals surface area contributed by atoms with E-state index < -0.39 is 10.0 Å². The highest BCUT2D eigenvalue weighted by atomic mass is 32.2. The van der Waals surface area contributed by atoms with Crippen LogP contribution in [0.4, 0.5) is 0 Å². The SMILES string of the molecule is CCC1CN(C(=NC)NCc2cccc(S(=O)(=O)N3CCCCC3)c2)CCS1. The molecule has 1 atom stereocenters. The number of rotatable bonds is 5. The quantitative estimate of drug-likeness (QED) is 0.582. The molecule has 2 aliphatic rings. The zero-order valence-electron chi connectivity index (χ0n) is 16.9. The van der Waals surface area contributed by atoms with Crippen LogP contribution >= 0.6 is 11.8 Å². The van der Waals surface area contributed by atoms with Crippen LogP contribution in [-0.4, -0.2) is 67.8 Å². The summed E-state index contributed by atoms with van der Waals surface area (Å²) in [4.78, 5) is 7.13. The van der Waals surface area contributed by atoms with Crippen molar-refractivity contribution < 1.29 is 8.42 Å². The van der Waals surface area contributed by atoms with Gasteiger partial charge in [-0.25, -0.2) is 8.42 Å². The number of nitrogens with one attached hydrogen (secondary N) is 1. The molecule has 0 aliphatic carbocycles. The lowest BCUT2D eigenvalue weighted by atomic mass is 10.2. The van der Waals surface area contributed by atoms with E-state index in [-0.39, 0.29) is 0 Å². The Labute approximate surface area is 173 Å². The molecule has 0 aromatic heterocycles. The van der Waals surface area contributed by atoms with E-state index in [9.17, 15) is 8.42 Å². The van der Waals surface area contributed by atoms with Crippen LogP contribution in [-0.2, 0) is 16.6 Å². The van der Waals surface area contributed by atoms with E-state index in [1.54, 1.807) is 16.4 Å². The zero-order chi connectivity index (χ0) is 20.0. The van der Waals surface area contributed by atoms with E-state index in [1.807, 2.05) is 30.9 Å². The first-order valence-corrected chi connectivity index (χ1v) is 12.7. The Balaban J connectivity index is 1.65. The summed E-state index contributed by atoms with van der Waals surface area (Å²) in [5.74, 6) is 2.01. The fourth-order valence-electron chi connectivity index (χ4n) is 3.74. The topological polar surface area (TPSA) is 65.0 Å². The second kappa shape index (κ2) is 9.98. The lowest BCUT2D eigenvalue weighted by molar-refractivity contribution is 0.346. The number of hydrogen-bond acceptors (Lipinski definition) is 4. The molecular formula is C20H32N4O2S2. The summed E-state index contributed by atoms with van der Waals surface area (Å²) in [6.45, 7) is 6.04. The molecule has 0 spiro atoms. The largest absolute Gasteiger partial charge is 0.352 e. The normalized spacial score (nSPS) is 22.3. The lowest BCUT2D eigenvalue weighted by Crippen LogP contribution is -2.47. The van der Waals surface area contributed by atoms with Gasteiger partial charge in [-0.3, -0.25) is 4.99 Å². The molecule has 1 aromatic carbocycles. The summed E-state index contributed by atoms with van der Waals surface area (Å²) in [5.41, 5.74) is 0.956. The van der Waals surface area contributed by atoms with Gasteiger partial charge in [0.05, 0.1) is 4.90 Å². The molecule has 0 amide bonds. The Hall–Kier alpha value is -1.25. The van der Waals surface area contributed by atoms with Gasteiger partial charge in [-0.1, -0.05) is 25.5 Å². The minimum Gasteiger partial charge on any atom is -0.352 e. The predicted octanol–water partition coefficient (Wildman–Crippen LogP) is 2.76. The van der Waals surface area contributed by atoms with E-state index >= 15 is 0 Å². The average molecular weight is 425 g/mol. The number of aliphatic imine (C=N–C) groups is 1. The monoisotopic (exact) mass is 424 g/mol. The summed E-state index contributed by atoms with van der Waals surface area (Å²) < 4.78 is 27.5. The molecule has 0 radical (unpaired) electrons. The summed E-state index contributed by atoms with van der Waals surface area (Å²) in [7, 11) is -1.59. The second-order valence-electron chi connectivity index (χ2n) is 7.36. The molecule has 8 heteroatoms. The van der Waals surface area contributed by atoms with Gasteiger partial charge < -0.3 is 10.2 Å². The number of guanidine groups is 1. The van der Waals surface area contributed by atoms with Gasteiger partial charge >= 0.3 is 0 Å². The maximum atomic E-state index is 12.9. The molecular weight excluding hydrogens is 392 g/mol. The van der Waals surface area contributed by atoms with Gasteiger partial charge in [0.25, 0.3) is 0 Å². The summed E-state index contributed by atoms with van der Waals surface area (Å²) in [6.07, 6.45) is 4.17. The second-order valence-corrected chi connectivity index (χ2v) is 10.7. The number of thioether (sulfide) groups is 1. The molecule has 0 saturated carbocycles. The predicted molar refractivity (Wildman–Crippen MR) is 117 cm³/mol. The van der Waals surface area contributed by atoms with Crippen molar-refractivity contribution in [1.82, 2.24) is 14.5 Å². The van der Waals surface area contributed by atoms with Crippen LogP contribution in [0.1, 0.15) is 38.2 Å². The van der Waals surface area contributed by atoms with Crippen LogP contribution in [0.2, 0.25) is 0 Å². The van der Waals surface area contributed by atoms with Crippen LogP contribution in [0.25, 0.3) is 0 Å². The zero-order valence-corrected chi connectivity index (χ0v) is 18.6. The molecule has 0 bridgehead atoms. The first kappa shape index (κ1) is 21.5. The highest BCUT2D eigenvalue weighted by Gasteiger charge is 2.26. The first-order chi connectivity index (χ1) is 13.5. The van der Waals surface area contributed by atoms with E-state index in [0.717, 1.165) is 56.0 Å². The van der Waals surface area contributed by atoms with Crippen molar-refractivity contribution in [2.75, 3.05) is 39.0 Å². The number of nitrogens with zero attached hydrogens (tertiary/aromatic N) is 3. The van der Waals surface area contributed by atoms with Gasteiger partial charge in [0.1, 0.15) is 0 Å². The molecule has 28 heavy (non-hydrogen) atoms. The molecule has 6 nitrogen and oxygen atoms in total. The third-order valence-electron chi connectivity index (χ3n) is 5.41. The Bertz CT molecular complexity index is 776. The van der Waals surface area contributed by atoms with E-state index in [2.05, 4.69) is 22.1 Å². The number of sulfonamides is 1. The van der Waals surface area contributed by atoms with Crippen molar-refractivity contribution in [3.8, 4) is 0 Å². The molecule has 2 aliphatic heterocycles. The van der Waals surface area contributed by atoms with Crippen LogP contribution in [0.3, 0.4) is 0 Å². The van der Waals surface area contributed by atoms with Gasteiger partial charge in [0, 0.05) is 50.8 Å². The standard InChI is InChI=1S/C20H32N4O2S2/c1-3-18-16-23(12-13-27-18)20(21-2)22-15-17-8-7-9-19(14-17)28(25,26)24-10-5-4-6-11-24/h7-9,14,18H,3-6,10-13,15-16H2,1-2H3,(H,21,22). The van der Waals surface area contributed by atoms with Crippen LogP contribution in [0.15, 0.2) is 34.2 Å². The van der Waals surface area contributed by atoms with Crippen molar-refractivity contribution in [2.24, 2.45) is 4.99 Å². The Morgan fingerprint density at radius 1 is 1.25 bits per heavy atom. The lowest BCUT2D eigenvalue weighted by Gasteiger charge is -2.34. The summed E-state index contributed by atoms with van der Waals surface area (Å²) in [6, 6.07) is 7.30. The van der Waals surface area contributed by atoms with Crippen molar-refractivity contribution in [3.05, 3.63) is 29.8 Å². The first-order valence-electron chi connectivity index (χ1n) is 10.2. The Morgan fingerprint density at radius 2 is 2.04 bits per heavy atom. The molecule has 1 aromatic rings. The fraction of sp³-hybridized carbons (Fsp3) is 0.650. The Kier molecular flexibility index (Phi) is 7.65. The molecule has 2 heterocycles. The van der Waals surface area contributed by atoms with Crippen molar-refractivity contribution in [3.63, 3.8) is 0 Å². The van der Waals surface area contributed by atoms with Crippen molar-refractivity contribution in [1.29, 1.82) is 0 Å². The third kappa shape index (κ3) is 5.21. The minimum atomic E-state index is -3.40. The maximum Gasteiger partial charge on any atom is 0.243 e. The summed E-state index contributed by atoms with van der Waals surface area (Å²) >= 11 is 2.03. The average Bonchev–Trinajstić information content (AvgIpc) is 2.75. The highest BCUT2D eigenvalue weighted by Crippen LogP contribution is 2.22. The Morgan fingerprint density at radius 3 is 2.75 bits per heavy atom. The van der Waals surface area contributed by atoms with Gasteiger partial charge in [0.15, 0.2) is 5.96 Å². The molecule has 1 unspecified atom stereocenters. The number of benzene rings is 1. The molecule has 3 rings (SSSR count). The number of piperidine rings is 1. The van der Waals surface area contributed by atoms with Gasteiger partial charge in [-0.2, -0.15) is 16.1 Å². The summed E-state index contributed by atoms with van der Waals surface area (Å²) in [5, 5.41) is 4.06. The van der Waals surface area contributed by atoms with E-state index in [4.69, 9.17) is 0 Å². The smallest absolute Gasteiger partial charge is 0.243 e. The van der Waals surface area contributed by atoms with E-state index in [0.29, 0.717) is 29.8 Å². The van der Waals surface area contributed by atoms with Crippen LogP contribution in [0.5, 0.6) is 0 Å². The van der Waals surface area contributed by atoms with Gasteiger partial charge in [-0.05, 0) is 37.0 Å². The minimum absolute atomic E-state index is 0.393.